The Hall–Kier alpha value is -1.06. The van der Waals surface area contributed by atoms with Crippen molar-refractivity contribution in [1.82, 2.24) is 4.90 Å². The number of benzene rings is 1. The maximum absolute atomic E-state index is 5.66. The first-order valence-electron chi connectivity index (χ1n) is 5.86. The molecule has 16 heavy (non-hydrogen) atoms. The van der Waals surface area contributed by atoms with Crippen LogP contribution in [0, 0.1) is 0 Å². The zero-order valence-corrected chi connectivity index (χ0v) is 9.76. The number of rotatable bonds is 4. The Labute approximate surface area is 97.0 Å². The summed E-state index contributed by atoms with van der Waals surface area (Å²) in [4.78, 5) is 2.39. The molecule has 3 nitrogen and oxygen atoms in total. The highest BCUT2D eigenvalue weighted by Gasteiger charge is 2.15. The Balaban J connectivity index is 1.68. The van der Waals surface area contributed by atoms with Crippen LogP contribution in [0.25, 0.3) is 0 Å². The molecule has 1 aromatic rings. The van der Waals surface area contributed by atoms with Crippen molar-refractivity contribution >= 4 is 0 Å². The van der Waals surface area contributed by atoms with Crippen molar-refractivity contribution in [2.45, 2.75) is 13.0 Å². The van der Waals surface area contributed by atoms with E-state index in [-0.39, 0.29) is 0 Å². The minimum atomic E-state index is 0.352. The van der Waals surface area contributed by atoms with E-state index in [1.54, 1.807) is 0 Å². The first kappa shape index (κ1) is 11.4. The second kappa shape index (κ2) is 5.87. The molecule has 2 rings (SSSR count). The summed E-state index contributed by atoms with van der Waals surface area (Å²) < 4.78 is 11.2. The minimum Gasteiger partial charge on any atom is -0.492 e. The summed E-state index contributed by atoms with van der Waals surface area (Å²) in [5.41, 5.74) is 0. The van der Waals surface area contributed by atoms with E-state index in [1.165, 1.54) is 0 Å². The normalized spacial score (nSPS) is 21.9. The quantitative estimate of drug-likeness (QED) is 0.773. The van der Waals surface area contributed by atoms with Crippen LogP contribution in [-0.2, 0) is 4.74 Å². The molecule has 88 valence electrons. The first-order valence-corrected chi connectivity index (χ1v) is 5.86. The van der Waals surface area contributed by atoms with Crippen LogP contribution in [0.5, 0.6) is 5.75 Å². The summed E-state index contributed by atoms with van der Waals surface area (Å²) in [7, 11) is 0. The van der Waals surface area contributed by atoms with Crippen LogP contribution in [0.4, 0.5) is 0 Å². The van der Waals surface area contributed by atoms with Crippen LogP contribution in [0.2, 0.25) is 0 Å². The van der Waals surface area contributed by atoms with Gasteiger partial charge in [-0.2, -0.15) is 0 Å². The maximum Gasteiger partial charge on any atom is 0.119 e. The van der Waals surface area contributed by atoms with E-state index < -0.39 is 0 Å². The zero-order valence-electron chi connectivity index (χ0n) is 9.76. The highest BCUT2D eigenvalue weighted by molar-refractivity contribution is 5.20. The molecule has 0 radical (unpaired) electrons. The predicted molar refractivity (Wildman–Crippen MR) is 63.8 cm³/mol. The fourth-order valence-electron chi connectivity index (χ4n) is 1.90. The monoisotopic (exact) mass is 221 g/mol. The van der Waals surface area contributed by atoms with Gasteiger partial charge < -0.3 is 9.47 Å². The second-order valence-corrected chi connectivity index (χ2v) is 4.14. The molecule has 0 unspecified atom stereocenters. The van der Waals surface area contributed by atoms with Crippen LogP contribution in [0.15, 0.2) is 30.3 Å². The summed E-state index contributed by atoms with van der Waals surface area (Å²) in [6.07, 6.45) is 0.352. The highest BCUT2D eigenvalue weighted by Crippen LogP contribution is 2.09. The Morgan fingerprint density at radius 2 is 2.19 bits per heavy atom. The Morgan fingerprint density at radius 1 is 1.38 bits per heavy atom. The minimum absolute atomic E-state index is 0.352. The van der Waals surface area contributed by atoms with Gasteiger partial charge >= 0.3 is 0 Å². The van der Waals surface area contributed by atoms with E-state index in [2.05, 4.69) is 11.8 Å². The van der Waals surface area contributed by atoms with Gasteiger partial charge in [-0.3, -0.25) is 4.90 Å². The smallest absolute Gasteiger partial charge is 0.119 e. The molecule has 1 atom stereocenters. The van der Waals surface area contributed by atoms with E-state index in [0.29, 0.717) is 6.10 Å². The predicted octanol–water partition coefficient (Wildman–Crippen LogP) is 1.79. The van der Waals surface area contributed by atoms with Gasteiger partial charge in [-0.25, -0.2) is 0 Å². The van der Waals surface area contributed by atoms with Gasteiger partial charge in [-0.05, 0) is 19.1 Å². The molecule has 0 bridgehead atoms. The summed E-state index contributed by atoms with van der Waals surface area (Å²) in [6.45, 7) is 6.71. The summed E-state index contributed by atoms with van der Waals surface area (Å²) in [5, 5.41) is 0. The summed E-state index contributed by atoms with van der Waals surface area (Å²) in [6, 6.07) is 9.96. The number of nitrogens with zero attached hydrogens (tertiary/aromatic N) is 1. The van der Waals surface area contributed by atoms with Crippen molar-refractivity contribution in [3.8, 4) is 5.75 Å². The Bertz CT molecular complexity index is 302. The second-order valence-electron chi connectivity index (χ2n) is 4.14. The topological polar surface area (TPSA) is 21.7 Å². The van der Waals surface area contributed by atoms with Crippen LogP contribution in [-0.4, -0.2) is 43.9 Å². The average molecular weight is 221 g/mol. The molecule has 1 aliphatic rings. The van der Waals surface area contributed by atoms with Crippen LogP contribution in [0.1, 0.15) is 6.92 Å². The summed E-state index contributed by atoms with van der Waals surface area (Å²) >= 11 is 0. The van der Waals surface area contributed by atoms with E-state index in [0.717, 1.165) is 38.6 Å². The molecule has 1 saturated heterocycles. The Kier molecular flexibility index (Phi) is 4.19. The lowest BCUT2D eigenvalue weighted by molar-refractivity contribution is -0.0214. The third-order valence-electron chi connectivity index (χ3n) is 2.74. The molecule has 0 spiro atoms. The number of hydrogen-bond acceptors (Lipinski definition) is 3. The number of morpholine rings is 1. The fraction of sp³-hybridized carbons (Fsp3) is 0.538. The Morgan fingerprint density at radius 3 is 2.94 bits per heavy atom. The SMILES string of the molecule is C[C@@H]1CN(CCOc2ccccc2)CCO1. The molecule has 3 heteroatoms. The lowest BCUT2D eigenvalue weighted by Gasteiger charge is -2.30. The molecular weight excluding hydrogens is 202 g/mol. The van der Waals surface area contributed by atoms with Gasteiger partial charge in [0.05, 0.1) is 12.7 Å². The van der Waals surface area contributed by atoms with Crippen molar-refractivity contribution in [2.75, 3.05) is 32.8 Å². The van der Waals surface area contributed by atoms with E-state index >= 15 is 0 Å². The zero-order chi connectivity index (χ0) is 11.2. The van der Waals surface area contributed by atoms with Crippen molar-refractivity contribution in [2.24, 2.45) is 0 Å². The molecule has 1 aliphatic heterocycles. The van der Waals surface area contributed by atoms with Crippen molar-refractivity contribution in [3.63, 3.8) is 0 Å². The van der Waals surface area contributed by atoms with Gasteiger partial charge in [-0.15, -0.1) is 0 Å². The van der Waals surface area contributed by atoms with Gasteiger partial charge in [0.2, 0.25) is 0 Å². The van der Waals surface area contributed by atoms with E-state index in [1.807, 2.05) is 30.3 Å². The van der Waals surface area contributed by atoms with Crippen LogP contribution >= 0.6 is 0 Å². The van der Waals surface area contributed by atoms with Crippen LogP contribution < -0.4 is 4.74 Å². The van der Waals surface area contributed by atoms with E-state index in [9.17, 15) is 0 Å². The van der Waals surface area contributed by atoms with Crippen molar-refractivity contribution < 1.29 is 9.47 Å². The first-order chi connectivity index (χ1) is 7.84. The van der Waals surface area contributed by atoms with Gasteiger partial charge in [-0.1, -0.05) is 18.2 Å². The third kappa shape index (κ3) is 3.51. The highest BCUT2D eigenvalue weighted by atomic mass is 16.5. The maximum atomic E-state index is 5.66. The average Bonchev–Trinajstić information content (AvgIpc) is 2.30. The third-order valence-corrected chi connectivity index (χ3v) is 2.74. The van der Waals surface area contributed by atoms with Gasteiger partial charge in [0.1, 0.15) is 12.4 Å². The largest absolute Gasteiger partial charge is 0.492 e. The molecule has 0 saturated carbocycles. The lowest BCUT2D eigenvalue weighted by Crippen LogP contribution is -2.42. The van der Waals surface area contributed by atoms with Gasteiger partial charge in [0.25, 0.3) is 0 Å². The molecule has 0 amide bonds. The molecule has 1 heterocycles. The van der Waals surface area contributed by atoms with Crippen LogP contribution in [0.3, 0.4) is 0 Å². The fourth-order valence-corrected chi connectivity index (χ4v) is 1.90. The van der Waals surface area contributed by atoms with Gasteiger partial charge in [0.15, 0.2) is 0 Å². The van der Waals surface area contributed by atoms with E-state index in [4.69, 9.17) is 9.47 Å². The molecule has 1 fully saturated rings. The molecular formula is C13H19NO2. The molecule has 1 aromatic carbocycles. The van der Waals surface area contributed by atoms with Crippen molar-refractivity contribution in [3.05, 3.63) is 30.3 Å². The molecule has 0 aromatic heterocycles. The standard InChI is InChI=1S/C13H19NO2/c1-12-11-14(7-9-15-12)8-10-16-13-5-3-2-4-6-13/h2-6,12H,7-11H2,1H3/t12-/m1/s1. The van der Waals surface area contributed by atoms with Crippen molar-refractivity contribution in [1.29, 1.82) is 0 Å². The molecule has 0 aliphatic carbocycles. The number of hydrogen-bond donors (Lipinski definition) is 0. The lowest BCUT2D eigenvalue weighted by atomic mass is 10.3. The summed E-state index contributed by atoms with van der Waals surface area (Å²) in [5.74, 6) is 0.948. The van der Waals surface area contributed by atoms with Gasteiger partial charge in [0, 0.05) is 19.6 Å². The number of ether oxygens (including phenoxy) is 2. The molecule has 0 N–H and O–H groups in total. The number of para-hydroxylation sites is 1.